The minimum atomic E-state index is -4.55. The van der Waals surface area contributed by atoms with Crippen molar-refractivity contribution in [2.75, 3.05) is 18.4 Å². The van der Waals surface area contributed by atoms with Crippen molar-refractivity contribution < 1.29 is 41.5 Å². The van der Waals surface area contributed by atoms with Gasteiger partial charge in [-0.25, -0.2) is 14.1 Å². The molecular weight excluding hydrogens is 813 g/mol. The molecule has 0 spiro atoms. The minimum Gasteiger partial charge on any atom is -0.379 e. The Bertz CT molecular complexity index is 2640. The van der Waals surface area contributed by atoms with Gasteiger partial charge in [0.25, 0.3) is 17.7 Å². The Morgan fingerprint density at radius 1 is 0.968 bits per heavy atom. The number of carbonyl (C=O) groups excluding carboxylic acids is 5. The zero-order valence-corrected chi connectivity index (χ0v) is 34.1. The molecule has 0 bridgehead atoms. The normalized spacial score (nSPS) is 18.4. The van der Waals surface area contributed by atoms with Gasteiger partial charge in [0.1, 0.15) is 23.1 Å². The number of aromatic amines is 1. The van der Waals surface area contributed by atoms with Crippen molar-refractivity contribution in [1.82, 2.24) is 45.4 Å². The Labute approximate surface area is 352 Å². The number of nitrogens with zero attached hydrogens (tertiary/aromatic N) is 6. The van der Waals surface area contributed by atoms with E-state index in [1.54, 1.807) is 10.9 Å². The summed E-state index contributed by atoms with van der Waals surface area (Å²) in [6.07, 6.45) is -0.869. The summed E-state index contributed by atoms with van der Waals surface area (Å²) < 4.78 is 57.2. The SMILES string of the molecule is Cc1ccc(-n2cc(C(=O)NCc3nc(C(C)(C)C(F)(F)F)n[nH]3)cn2)c(C)c1-c1ccc(CN2CC[C@H](Nc3cc4c(cc3F)C(=O)N(C3CCC(=O)NC3=O)C4=O)C2)cc1. The first kappa shape index (κ1) is 42.0. The summed E-state index contributed by atoms with van der Waals surface area (Å²) in [4.78, 5) is 70.4. The molecule has 2 aromatic heterocycles. The molecule has 3 aliphatic heterocycles. The Morgan fingerprint density at radius 3 is 2.40 bits per heavy atom. The lowest BCUT2D eigenvalue weighted by Gasteiger charge is -2.27. The van der Waals surface area contributed by atoms with Crippen LogP contribution in [0.2, 0.25) is 0 Å². The van der Waals surface area contributed by atoms with E-state index in [0.717, 1.165) is 64.9 Å². The number of hydrogen-bond donors (Lipinski definition) is 4. The van der Waals surface area contributed by atoms with E-state index < -0.39 is 58.8 Å². The van der Waals surface area contributed by atoms with Crippen LogP contribution >= 0.6 is 0 Å². The lowest BCUT2D eigenvalue weighted by atomic mass is 9.92. The number of H-pyrrole nitrogens is 1. The fraction of sp³-hybridized carbons (Fsp3) is 0.349. The molecule has 2 fully saturated rings. The van der Waals surface area contributed by atoms with Crippen LogP contribution in [0.1, 0.15) is 92.5 Å². The third kappa shape index (κ3) is 7.83. The Hall–Kier alpha value is -6.76. The lowest BCUT2D eigenvalue weighted by molar-refractivity contribution is -0.182. The number of likely N-dealkylation sites (tertiary alicyclic amines) is 1. The highest BCUT2D eigenvalue weighted by Crippen LogP contribution is 2.39. The maximum Gasteiger partial charge on any atom is 0.401 e. The molecule has 2 saturated heterocycles. The summed E-state index contributed by atoms with van der Waals surface area (Å²) in [6, 6.07) is 13.2. The van der Waals surface area contributed by atoms with Gasteiger partial charge in [-0.1, -0.05) is 30.3 Å². The van der Waals surface area contributed by atoms with E-state index in [1.807, 2.05) is 38.1 Å². The topological polar surface area (TPSA) is 187 Å². The fourth-order valence-electron chi connectivity index (χ4n) is 8.10. The average molecular weight is 855 g/mol. The lowest BCUT2D eigenvalue weighted by Crippen LogP contribution is -2.54. The van der Waals surface area contributed by atoms with E-state index in [4.69, 9.17) is 0 Å². The molecule has 4 N–H and O–H groups in total. The van der Waals surface area contributed by atoms with Crippen LogP contribution in [0.5, 0.6) is 0 Å². The van der Waals surface area contributed by atoms with E-state index in [-0.39, 0.29) is 53.6 Å². The van der Waals surface area contributed by atoms with Crippen LogP contribution in [-0.2, 0) is 28.1 Å². The van der Waals surface area contributed by atoms with E-state index >= 15 is 4.39 Å². The molecule has 5 heterocycles. The standard InChI is InChI=1S/C43H42F4N10O5/c1-22-5-10-32(56-20-26(17-49-56)37(59)48-18-34-51-41(54-53-34)42(3,4)43(45,46)47)23(2)36(22)25-8-6-24(7-9-25)19-55-14-13-27(21-55)50-31-16-29-28(15-30(31)44)39(61)57(40(29)62)33-11-12-35(58)52-38(33)60/h5-10,15-17,20,27,33,50H,11-14,18-19,21H2,1-4H3,(H,48,59)(H,51,53,54)(H,52,58,60)/t27-,33?/m0/s1. The second-order valence-corrected chi connectivity index (χ2v) is 16.4. The Balaban J connectivity index is 0.882. The van der Waals surface area contributed by atoms with Crippen LogP contribution < -0.4 is 16.0 Å². The molecular formula is C43H42F4N10O5. The molecule has 3 aromatic carbocycles. The molecule has 5 aromatic rings. The second-order valence-electron chi connectivity index (χ2n) is 16.4. The van der Waals surface area contributed by atoms with Crippen molar-refractivity contribution in [2.24, 2.45) is 0 Å². The summed E-state index contributed by atoms with van der Waals surface area (Å²) in [5.41, 5.74) is 3.71. The first-order chi connectivity index (χ1) is 29.4. The van der Waals surface area contributed by atoms with Crippen molar-refractivity contribution in [3.05, 3.63) is 112 Å². The quantitative estimate of drug-likeness (QED) is 0.101. The van der Waals surface area contributed by atoms with Crippen molar-refractivity contribution in [3.8, 4) is 16.8 Å². The number of piperidine rings is 1. The molecule has 3 aliphatic rings. The molecule has 5 amide bonds. The van der Waals surface area contributed by atoms with Gasteiger partial charge in [-0.2, -0.15) is 23.4 Å². The highest BCUT2D eigenvalue weighted by atomic mass is 19.4. The van der Waals surface area contributed by atoms with Crippen LogP contribution in [0, 0.1) is 19.7 Å². The van der Waals surface area contributed by atoms with Crippen LogP contribution in [0.4, 0.5) is 23.2 Å². The first-order valence-electron chi connectivity index (χ1n) is 19.9. The van der Waals surface area contributed by atoms with E-state index in [0.29, 0.717) is 19.5 Å². The maximum absolute atomic E-state index is 15.3. The summed E-state index contributed by atoms with van der Waals surface area (Å²) in [5, 5.41) is 18.6. The van der Waals surface area contributed by atoms with Crippen LogP contribution in [0.25, 0.3) is 16.8 Å². The molecule has 0 aliphatic carbocycles. The number of carbonyl (C=O) groups is 5. The van der Waals surface area contributed by atoms with Crippen molar-refractivity contribution >= 4 is 35.2 Å². The predicted molar refractivity (Wildman–Crippen MR) is 215 cm³/mol. The Morgan fingerprint density at radius 2 is 1.69 bits per heavy atom. The molecule has 62 heavy (non-hydrogen) atoms. The number of fused-ring (bicyclic) bond motifs is 1. The number of amides is 5. The maximum atomic E-state index is 15.3. The summed E-state index contributed by atoms with van der Waals surface area (Å²) in [6.45, 7) is 7.75. The van der Waals surface area contributed by atoms with Crippen molar-refractivity contribution in [3.63, 3.8) is 0 Å². The number of alkyl halides is 3. The number of benzene rings is 3. The van der Waals surface area contributed by atoms with E-state index in [2.05, 4.69) is 53.3 Å². The smallest absolute Gasteiger partial charge is 0.379 e. The second kappa shape index (κ2) is 15.9. The molecule has 19 heteroatoms. The van der Waals surface area contributed by atoms with Crippen molar-refractivity contribution in [1.29, 1.82) is 0 Å². The first-order valence-corrected chi connectivity index (χ1v) is 19.9. The Kier molecular flexibility index (Phi) is 10.8. The molecule has 0 radical (unpaired) electrons. The zero-order valence-electron chi connectivity index (χ0n) is 34.1. The van der Waals surface area contributed by atoms with Gasteiger partial charge in [0.05, 0.1) is 40.8 Å². The molecule has 8 rings (SSSR count). The fourth-order valence-corrected chi connectivity index (χ4v) is 8.10. The van der Waals surface area contributed by atoms with Gasteiger partial charge >= 0.3 is 6.18 Å². The summed E-state index contributed by atoms with van der Waals surface area (Å²) >= 11 is 0. The summed E-state index contributed by atoms with van der Waals surface area (Å²) in [5.74, 6) is -4.20. The molecule has 15 nitrogen and oxygen atoms in total. The number of halogens is 4. The average Bonchev–Trinajstić information content (AvgIpc) is 4.04. The van der Waals surface area contributed by atoms with Gasteiger partial charge in [-0.3, -0.25) is 44.2 Å². The molecule has 2 atom stereocenters. The van der Waals surface area contributed by atoms with E-state index in [1.165, 1.54) is 12.3 Å². The third-order valence-corrected chi connectivity index (χ3v) is 11.8. The minimum absolute atomic E-state index is 0.00398. The van der Waals surface area contributed by atoms with Gasteiger partial charge in [0, 0.05) is 38.3 Å². The van der Waals surface area contributed by atoms with Gasteiger partial charge in [-0.05, 0) is 86.6 Å². The number of rotatable bonds is 11. The van der Waals surface area contributed by atoms with Gasteiger partial charge < -0.3 is 10.6 Å². The number of nitrogens with one attached hydrogen (secondary N) is 4. The monoisotopic (exact) mass is 854 g/mol. The van der Waals surface area contributed by atoms with Gasteiger partial charge in [0.2, 0.25) is 11.8 Å². The number of imide groups is 2. The van der Waals surface area contributed by atoms with E-state index in [9.17, 15) is 37.1 Å². The zero-order chi connectivity index (χ0) is 44.2. The predicted octanol–water partition coefficient (Wildman–Crippen LogP) is 5.27. The molecule has 322 valence electrons. The highest BCUT2D eigenvalue weighted by Gasteiger charge is 2.51. The van der Waals surface area contributed by atoms with Gasteiger partial charge in [-0.15, -0.1) is 0 Å². The van der Waals surface area contributed by atoms with Gasteiger partial charge in [0.15, 0.2) is 5.82 Å². The highest BCUT2D eigenvalue weighted by molar-refractivity contribution is 6.23. The third-order valence-electron chi connectivity index (χ3n) is 11.8. The van der Waals surface area contributed by atoms with Crippen LogP contribution in [0.3, 0.4) is 0 Å². The number of hydrogen-bond acceptors (Lipinski definition) is 10. The summed E-state index contributed by atoms with van der Waals surface area (Å²) in [7, 11) is 0. The van der Waals surface area contributed by atoms with Crippen LogP contribution in [0.15, 0.2) is 60.9 Å². The number of aryl methyl sites for hydroxylation is 1. The van der Waals surface area contributed by atoms with Crippen molar-refractivity contribution in [2.45, 2.75) is 83.7 Å². The largest absolute Gasteiger partial charge is 0.401 e. The molecule has 1 unspecified atom stereocenters. The molecule has 0 saturated carbocycles. The van der Waals surface area contributed by atoms with Crippen LogP contribution in [-0.4, -0.2) is 95.6 Å². The number of aromatic nitrogens is 5. The number of anilines is 1.